The summed E-state index contributed by atoms with van der Waals surface area (Å²) in [4.78, 5) is 25.9. The van der Waals surface area contributed by atoms with E-state index in [4.69, 9.17) is 21.1 Å². The predicted molar refractivity (Wildman–Crippen MR) is 133 cm³/mol. The lowest BCUT2D eigenvalue weighted by Gasteiger charge is -2.41. The Labute approximate surface area is 220 Å². The molecule has 1 amide bonds. The van der Waals surface area contributed by atoms with Crippen LogP contribution in [-0.4, -0.2) is 42.7 Å². The lowest BCUT2D eigenvalue weighted by atomic mass is 9.93. The smallest absolute Gasteiger partial charge is 0.416 e. The van der Waals surface area contributed by atoms with Crippen LogP contribution in [-0.2, 0) is 11.0 Å². The van der Waals surface area contributed by atoms with Crippen molar-refractivity contribution in [1.82, 2.24) is 5.32 Å². The molecular weight excluding hydrogens is 525 g/mol. The minimum atomic E-state index is -4.41. The summed E-state index contributed by atoms with van der Waals surface area (Å²) >= 11 is 6.33. The maximum Gasteiger partial charge on any atom is 0.416 e. The van der Waals surface area contributed by atoms with E-state index >= 15 is 0 Å². The predicted octanol–water partition coefficient (Wildman–Crippen LogP) is 5.72. The summed E-state index contributed by atoms with van der Waals surface area (Å²) in [5.74, 6) is -0.857. The molecule has 0 radical (unpaired) electrons. The van der Waals surface area contributed by atoms with Gasteiger partial charge in [0.25, 0.3) is 5.91 Å². The molecule has 2 aliphatic heterocycles. The number of nitrogens with zero attached hydrogens (tertiary/aromatic N) is 1. The molecule has 2 N–H and O–H groups in total. The number of nitrogens with one attached hydrogen (secondary N) is 1. The molecule has 38 heavy (non-hydrogen) atoms. The molecule has 3 aromatic carbocycles. The van der Waals surface area contributed by atoms with Crippen LogP contribution in [0.3, 0.4) is 0 Å². The molecule has 2 heterocycles. The Hall–Kier alpha value is -3.92. The van der Waals surface area contributed by atoms with E-state index < -0.39 is 23.6 Å². The molecule has 1 fully saturated rings. The van der Waals surface area contributed by atoms with E-state index in [2.05, 4.69) is 5.32 Å². The SMILES string of the molecule is O=C(NC1CN(c2cccc(C(F)(F)F)c2)C1)c1ccc(Oc2cc3c(cc2Cl)C(C(=O)O)CCO3)cc1. The van der Waals surface area contributed by atoms with Crippen LogP contribution in [0.4, 0.5) is 18.9 Å². The molecule has 1 saturated heterocycles. The molecule has 0 aromatic heterocycles. The molecule has 3 aromatic rings. The second-order valence-electron chi connectivity index (χ2n) is 9.10. The first-order valence-electron chi connectivity index (χ1n) is 11.8. The van der Waals surface area contributed by atoms with Gasteiger partial charge in [-0.3, -0.25) is 9.59 Å². The molecule has 0 spiro atoms. The minimum absolute atomic E-state index is 0.197. The number of alkyl halides is 3. The fourth-order valence-electron chi connectivity index (χ4n) is 4.45. The number of carbonyl (C=O) groups excluding carboxylic acids is 1. The molecule has 1 unspecified atom stereocenters. The van der Waals surface area contributed by atoms with Crippen LogP contribution >= 0.6 is 11.6 Å². The van der Waals surface area contributed by atoms with Crippen LogP contribution in [0.5, 0.6) is 17.2 Å². The number of aliphatic carboxylic acids is 1. The number of amides is 1. The molecule has 1 atom stereocenters. The van der Waals surface area contributed by atoms with E-state index in [1.807, 2.05) is 0 Å². The first kappa shape index (κ1) is 25.7. The van der Waals surface area contributed by atoms with E-state index in [-0.39, 0.29) is 29.3 Å². The number of fused-ring (bicyclic) bond motifs is 1. The van der Waals surface area contributed by atoms with Crippen LogP contribution in [0.2, 0.25) is 5.02 Å². The average Bonchev–Trinajstić information content (AvgIpc) is 2.86. The summed E-state index contributed by atoms with van der Waals surface area (Å²) < 4.78 is 50.3. The standard InChI is InChI=1S/C27H22ClF3N2O5/c28-22-11-21-20(26(35)36)8-9-37-23(21)12-24(22)38-19-6-4-15(5-7-19)25(34)32-17-13-33(14-17)18-3-1-2-16(10-18)27(29,30)31/h1-7,10-12,17,20H,8-9,13-14H2,(H,32,34)(H,35,36). The Balaban J connectivity index is 1.18. The van der Waals surface area contributed by atoms with Crippen molar-refractivity contribution >= 4 is 29.2 Å². The Kier molecular flexibility index (Phi) is 6.83. The summed E-state index contributed by atoms with van der Waals surface area (Å²) in [5.41, 5.74) is 0.629. The van der Waals surface area contributed by atoms with Gasteiger partial charge in [-0.2, -0.15) is 13.2 Å². The van der Waals surface area contributed by atoms with Crippen LogP contribution in [0, 0.1) is 0 Å². The van der Waals surface area contributed by atoms with Gasteiger partial charge in [0.2, 0.25) is 0 Å². The lowest BCUT2D eigenvalue weighted by molar-refractivity contribution is -0.139. The number of carboxylic acids is 1. The van der Waals surface area contributed by atoms with E-state index in [0.717, 1.165) is 12.1 Å². The van der Waals surface area contributed by atoms with Crippen molar-refractivity contribution in [2.45, 2.75) is 24.6 Å². The Morgan fingerprint density at radius 2 is 1.82 bits per heavy atom. The van der Waals surface area contributed by atoms with Crippen LogP contribution < -0.4 is 19.7 Å². The van der Waals surface area contributed by atoms with Crippen LogP contribution in [0.1, 0.15) is 33.8 Å². The molecule has 0 saturated carbocycles. The maximum atomic E-state index is 13.0. The highest BCUT2D eigenvalue weighted by molar-refractivity contribution is 6.32. The third-order valence-corrected chi connectivity index (χ3v) is 6.80. The van der Waals surface area contributed by atoms with Crippen LogP contribution in [0.15, 0.2) is 60.7 Å². The van der Waals surface area contributed by atoms with Crippen molar-refractivity contribution < 1.29 is 37.3 Å². The number of carbonyl (C=O) groups is 2. The normalized spacial score (nSPS) is 17.2. The quantitative estimate of drug-likeness (QED) is 0.411. The summed E-state index contributed by atoms with van der Waals surface area (Å²) in [5, 5.41) is 12.5. The summed E-state index contributed by atoms with van der Waals surface area (Å²) in [6.07, 6.45) is -4.06. The van der Waals surface area contributed by atoms with Crippen molar-refractivity contribution in [2.75, 3.05) is 24.6 Å². The van der Waals surface area contributed by atoms with Crippen molar-refractivity contribution in [3.8, 4) is 17.2 Å². The zero-order chi connectivity index (χ0) is 27.0. The van der Waals surface area contributed by atoms with Gasteiger partial charge in [0.05, 0.1) is 29.2 Å². The number of hydrogen-bond acceptors (Lipinski definition) is 5. The maximum absolute atomic E-state index is 13.0. The van der Waals surface area contributed by atoms with E-state index in [0.29, 0.717) is 47.8 Å². The Bertz CT molecular complexity index is 1370. The fourth-order valence-corrected chi connectivity index (χ4v) is 4.66. The second-order valence-corrected chi connectivity index (χ2v) is 9.51. The Morgan fingerprint density at radius 3 is 2.50 bits per heavy atom. The highest BCUT2D eigenvalue weighted by atomic mass is 35.5. The summed E-state index contributed by atoms with van der Waals surface area (Å²) in [6.45, 7) is 1.07. The molecule has 7 nitrogen and oxygen atoms in total. The van der Waals surface area contributed by atoms with Crippen LogP contribution in [0.25, 0.3) is 0 Å². The zero-order valence-corrected chi connectivity index (χ0v) is 20.6. The van der Waals surface area contributed by atoms with Gasteiger partial charge in [-0.1, -0.05) is 17.7 Å². The van der Waals surface area contributed by atoms with Crippen molar-refractivity contribution in [1.29, 1.82) is 0 Å². The summed E-state index contributed by atoms with van der Waals surface area (Å²) in [7, 11) is 0. The van der Waals surface area contributed by atoms with E-state index in [1.165, 1.54) is 12.1 Å². The number of benzene rings is 3. The molecule has 5 rings (SSSR count). The average molecular weight is 547 g/mol. The number of halogens is 4. The van der Waals surface area contributed by atoms with Gasteiger partial charge in [0, 0.05) is 36.0 Å². The van der Waals surface area contributed by atoms with Gasteiger partial charge in [-0.15, -0.1) is 0 Å². The van der Waals surface area contributed by atoms with Crippen molar-refractivity contribution in [3.05, 3.63) is 82.4 Å². The molecule has 198 valence electrons. The molecule has 0 bridgehead atoms. The van der Waals surface area contributed by atoms with Crippen molar-refractivity contribution in [3.63, 3.8) is 0 Å². The van der Waals surface area contributed by atoms with Crippen molar-refractivity contribution in [2.24, 2.45) is 0 Å². The first-order chi connectivity index (χ1) is 18.1. The molecular formula is C27H22ClF3N2O5. The molecule has 11 heteroatoms. The topological polar surface area (TPSA) is 88.1 Å². The third-order valence-electron chi connectivity index (χ3n) is 6.50. The molecule has 0 aliphatic carbocycles. The summed E-state index contributed by atoms with van der Waals surface area (Å²) in [6, 6.07) is 14.4. The molecule has 2 aliphatic rings. The largest absolute Gasteiger partial charge is 0.493 e. The number of hydrogen-bond donors (Lipinski definition) is 2. The highest BCUT2D eigenvalue weighted by Crippen LogP contribution is 2.42. The minimum Gasteiger partial charge on any atom is -0.493 e. The number of anilines is 1. The number of carboxylic acid groups (broad SMARTS) is 1. The zero-order valence-electron chi connectivity index (χ0n) is 19.8. The van der Waals surface area contributed by atoms with Gasteiger partial charge in [-0.05, 0) is 55.0 Å². The van der Waals surface area contributed by atoms with E-state index in [9.17, 15) is 27.9 Å². The van der Waals surface area contributed by atoms with Gasteiger partial charge < -0.3 is 24.8 Å². The monoisotopic (exact) mass is 546 g/mol. The van der Waals surface area contributed by atoms with E-state index in [1.54, 1.807) is 41.3 Å². The lowest BCUT2D eigenvalue weighted by Crippen LogP contribution is -2.59. The van der Waals surface area contributed by atoms with Gasteiger partial charge in [0.1, 0.15) is 17.2 Å². The van der Waals surface area contributed by atoms with Gasteiger partial charge in [0.15, 0.2) is 0 Å². The third kappa shape index (κ3) is 5.35. The van der Waals surface area contributed by atoms with Gasteiger partial charge >= 0.3 is 12.1 Å². The second kappa shape index (κ2) is 10.1. The number of ether oxygens (including phenoxy) is 2. The Morgan fingerprint density at radius 1 is 1.08 bits per heavy atom. The first-order valence-corrected chi connectivity index (χ1v) is 12.2. The fraction of sp³-hybridized carbons (Fsp3) is 0.259. The number of rotatable bonds is 6. The highest BCUT2D eigenvalue weighted by Gasteiger charge is 2.33. The van der Waals surface area contributed by atoms with Gasteiger partial charge in [-0.25, -0.2) is 0 Å².